The molecule has 20 heavy (non-hydrogen) atoms. The standard InChI is InChI=1S/C14H20BrN3O2/c1-14(20)5-2-7-18(8-6-14)10-13(19)17-12-4-3-11(15)9-16-12/h3-4,9,20H,2,5-8,10H2,1H3,(H,16,17,19). The zero-order valence-electron chi connectivity index (χ0n) is 11.6. The highest BCUT2D eigenvalue weighted by Crippen LogP contribution is 2.21. The molecule has 2 N–H and O–H groups in total. The molecule has 0 aliphatic carbocycles. The van der Waals surface area contributed by atoms with E-state index in [1.807, 2.05) is 13.0 Å². The molecule has 1 fully saturated rings. The Morgan fingerprint density at radius 2 is 2.30 bits per heavy atom. The van der Waals surface area contributed by atoms with E-state index in [4.69, 9.17) is 0 Å². The summed E-state index contributed by atoms with van der Waals surface area (Å²) in [6.45, 7) is 3.79. The smallest absolute Gasteiger partial charge is 0.239 e. The number of pyridine rings is 1. The van der Waals surface area contributed by atoms with E-state index in [0.29, 0.717) is 18.8 Å². The fourth-order valence-electron chi connectivity index (χ4n) is 2.31. The molecule has 1 aliphatic rings. The summed E-state index contributed by atoms with van der Waals surface area (Å²) in [5.41, 5.74) is -0.599. The Hall–Kier alpha value is -0.980. The third-order valence-corrected chi connectivity index (χ3v) is 3.99. The molecular weight excluding hydrogens is 322 g/mol. The highest BCUT2D eigenvalue weighted by Gasteiger charge is 2.25. The van der Waals surface area contributed by atoms with Gasteiger partial charge in [-0.3, -0.25) is 9.69 Å². The molecule has 2 heterocycles. The van der Waals surface area contributed by atoms with E-state index in [0.717, 1.165) is 30.4 Å². The van der Waals surface area contributed by atoms with Gasteiger partial charge in [0.2, 0.25) is 5.91 Å². The van der Waals surface area contributed by atoms with Gasteiger partial charge in [0.25, 0.3) is 0 Å². The van der Waals surface area contributed by atoms with Gasteiger partial charge in [0.15, 0.2) is 0 Å². The molecule has 0 spiro atoms. The van der Waals surface area contributed by atoms with Crippen molar-refractivity contribution in [2.75, 3.05) is 25.0 Å². The summed E-state index contributed by atoms with van der Waals surface area (Å²) in [7, 11) is 0. The maximum Gasteiger partial charge on any atom is 0.239 e. The summed E-state index contributed by atoms with van der Waals surface area (Å²) >= 11 is 3.30. The number of hydrogen-bond acceptors (Lipinski definition) is 4. The molecule has 1 amide bonds. The normalized spacial score (nSPS) is 24.1. The van der Waals surface area contributed by atoms with Crippen LogP contribution >= 0.6 is 15.9 Å². The van der Waals surface area contributed by atoms with Gasteiger partial charge >= 0.3 is 0 Å². The second-order valence-electron chi connectivity index (χ2n) is 5.54. The average molecular weight is 342 g/mol. The van der Waals surface area contributed by atoms with E-state index < -0.39 is 5.60 Å². The van der Waals surface area contributed by atoms with Gasteiger partial charge in [-0.2, -0.15) is 0 Å². The lowest BCUT2D eigenvalue weighted by Crippen LogP contribution is -2.35. The molecule has 1 atom stereocenters. The van der Waals surface area contributed by atoms with Crippen LogP contribution in [0.15, 0.2) is 22.8 Å². The van der Waals surface area contributed by atoms with Gasteiger partial charge in [-0.05, 0) is 60.8 Å². The molecule has 1 aromatic rings. The van der Waals surface area contributed by atoms with Crippen LogP contribution in [-0.4, -0.2) is 46.1 Å². The number of aliphatic hydroxyl groups is 1. The summed E-state index contributed by atoms with van der Waals surface area (Å²) in [6.07, 6.45) is 4.06. The summed E-state index contributed by atoms with van der Waals surface area (Å²) in [5.74, 6) is 0.487. The van der Waals surface area contributed by atoms with Crippen LogP contribution in [0, 0.1) is 0 Å². The third kappa shape index (κ3) is 4.85. The number of carbonyl (C=O) groups is 1. The lowest BCUT2D eigenvalue weighted by molar-refractivity contribution is -0.117. The highest BCUT2D eigenvalue weighted by molar-refractivity contribution is 9.10. The summed E-state index contributed by atoms with van der Waals surface area (Å²) < 4.78 is 0.880. The first-order valence-corrected chi connectivity index (χ1v) is 7.60. The minimum atomic E-state index is -0.599. The average Bonchev–Trinajstić information content (AvgIpc) is 2.54. The van der Waals surface area contributed by atoms with E-state index >= 15 is 0 Å². The summed E-state index contributed by atoms with van der Waals surface area (Å²) in [4.78, 5) is 18.2. The number of likely N-dealkylation sites (tertiary alicyclic amines) is 1. The number of carbonyl (C=O) groups excluding carboxylic acids is 1. The first-order valence-electron chi connectivity index (χ1n) is 6.81. The number of nitrogens with one attached hydrogen (secondary N) is 1. The van der Waals surface area contributed by atoms with Crippen LogP contribution < -0.4 is 5.32 Å². The van der Waals surface area contributed by atoms with Crippen LogP contribution in [0.25, 0.3) is 0 Å². The molecule has 1 aliphatic heterocycles. The third-order valence-electron chi connectivity index (χ3n) is 3.52. The van der Waals surface area contributed by atoms with Crippen molar-refractivity contribution in [2.24, 2.45) is 0 Å². The number of amides is 1. The topological polar surface area (TPSA) is 65.5 Å². The van der Waals surface area contributed by atoms with Crippen LogP contribution in [0.1, 0.15) is 26.2 Å². The second kappa shape index (κ2) is 6.65. The minimum Gasteiger partial charge on any atom is -0.390 e. The SMILES string of the molecule is CC1(O)CCCN(CC(=O)Nc2ccc(Br)cn2)CC1. The molecule has 2 rings (SSSR count). The predicted octanol–water partition coefficient (Wildman–Crippen LogP) is 2.02. The van der Waals surface area contributed by atoms with Gasteiger partial charge in [0, 0.05) is 17.2 Å². The molecule has 5 nitrogen and oxygen atoms in total. The zero-order chi connectivity index (χ0) is 14.6. The quantitative estimate of drug-likeness (QED) is 0.882. The number of rotatable bonds is 3. The molecule has 0 radical (unpaired) electrons. The van der Waals surface area contributed by atoms with Crippen LogP contribution in [0.5, 0.6) is 0 Å². The predicted molar refractivity (Wildman–Crippen MR) is 81.5 cm³/mol. The molecule has 1 unspecified atom stereocenters. The van der Waals surface area contributed by atoms with Crippen molar-refractivity contribution in [1.82, 2.24) is 9.88 Å². The second-order valence-corrected chi connectivity index (χ2v) is 6.45. The van der Waals surface area contributed by atoms with E-state index in [-0.39, 0.29) is 5.91 Å². The summed E-state index contributed by atoms with van der Waals surface area (Å²) in [6, 6.07) is 3.60. The minimum absolute atomic E-state index is 0.0682. The molecule has 110 valence electrons. The Morgan fingerprint density at radius 3 is 3.00 bits per heavy atom. The van der Waals surface area contributed by atoms with Crippen molar-refractivity contribution in [3.63, 3.8) is 0 Å². The van der Waals surface area contributed by atoms with E-state index in [2.05, 4.69) is 31.1 Å². The molecule has 1 aromatic heterocycles. The Bertz CT molecular complexity index is 462. The maximum absolute atomic E-state index is 12.0. The fraction of sp³-hybridized carbons (Fsp3) is 0.571. The van der Waals surface area contributed by atoms with Crippen molar-refractivity contribution in [3.8, 4) is 0 Å². The van der Waals surface area contributed by atoms with Crippen LogP contribution in [0.2, 0.25) is 0 Å². The number of halogens is 1. The van der Waals surface area contributed by atoms with E-state index in [1.165, 1.54) is 0 Å². The first kappa shape index (κ1) is 15.4. The monoisotopic (exact) mass is 341 g/mol. The number of nitrogens with zero attached hydrogens (tertiary/aromatic N) is 2. The Kier molecular flexibility index (Phi) is 5.12. The number of hydrogen-bond donors (Lipinski definition) is 2. The van der Waals surface area contributed by atoms with Gasteiger partial charge in [-0.25, -0.2) is 4.98 Å². The first-order chi connectivity index (χ1) is 9.44. The van der Waals surface area contributed by atoms with Crippen LogP contribution in [-0.2, 0) is 4.79 Å². The Labute approximate surface area is 127 Å². The maximum atomic E-state index is 12.0. The van der Waals surface area contributed by atoms with E-state index in [9.17, 15) is 9.90 Å². The highest BCUT2D eigenvalue weighted by atomic mass is 79.9. The number of anilines is 1. The Balaban J connectivity index is 1.83. The van der Waals surface area contributed by atoms with E-state index in [1.54, 1.807) is 12.3 Å². The van der Waals surface area contributed by atoms with Crippen molar-refractivity contribution in [2.45, 2.75) is 31.8 Å². The summed E-state index contributed by atoms with van der Waals surface area (Å²) in [5, 5.41) is 12.8. The fourth-order valence-corrected chi connectivity index (χ4v) is 2.55. The van der Waals surface area contributed by atoms with Crippen molar-refractivity contribution in [3.05, 3.63) is 22.8 Å². The molecular formula is C14H20BrN3O2. The molecule has 0 bridgehead atoms. The molecule has 0 aromatic carbocycles. The van der Waals surface area contributed by atoms with Gasteiger partial charge < -0.3 is 10.4 Å². The lowest BCUT2D eigenvalue weighted by atomic mass is 9.98. The molecule has 1 saturated heterocycles. The molecule has 0 saturated carbocycles. The Morgan fingerprint density at radius 1 is 1.50 bits per heavy atom. The van der Waals surface area contributed by atoms with Gasteiger partial charge in [-0.15, -0.1) is 0 Å². The van der Waals surface area contributed by atoms with Crippen LogP contribution in [0.4, 0.5) is 5.82 Å². The van der Waals surface area contributed by atoms with Gasteiger partial charge in [-0.1, -0.05) is 0 Å². The van der Waals surface area contributed by atoms with Crippen molar-refractivity contribution < 1.29 is 9.90 Å². The van der Waals surface area contributed by atoms with Crippen molar-refractivity contribution in [1.29, 1.82) is 0 Å². The zero-order valence-corrected chi connectivity index (χ0v) is 13.2. The number of aromatic nitrogens is 1. The lowest BCUT2D eigenvalue weighted by Gasteiger charge is -2.21. The van der Waals surface area contributed by atoms with Gasteiger partial charge in [0.05, 0.1) is 12.1 Å². The van der Waals surface area contributed by atoms with Gasteiger partial charge in [0.1, 0.15) is 5.82 Å². The van der Waals surface area contributed by atoms with Crippen molar-refractivity contribution >= 4 is 27.7 Å². The molecule has 6 heteroatoms. The largest absolute Gasteiger partial charge is 0.390 e. The van der Waals surface area contributed by atoms with Crippen LogP contribution in [0.3, 0.4) is 0 Å².